The van der Waals surface area contributed by atoms with Gasteiger partial charge in [-0.05, 0) is 25.3 Å². The molecule has 0 amide bonds. The number of epoxide rings is 1. The number of thioether (sulfide) groups is 1. The van der Waals surface area contributed by atoms with E-state index >= 15 is 0 Å². The second-order valence-electron chi connectivity index (χ2n) is 3.71. The van der Waals surface area contributed by atoms with Gasteiger partial charge in [-0.1, -0.05) is 0 Å². The highest BCUT2D eigenvalue weighted by Crippen LogP contribution is 2.46. The summed E-state index contributed by atoms with van der Waals surface area (Å²) in [6.45, 7) is 2.05. The Balaban J connectivity index is 2.42. The molecule has 1 aliphatic rings. The summed E-state index contributed by atoms with van der Waals surface area (Å²) in [5, 5.41) is 0. The van der Waals surface area contributed by atoms with Crippen molar-refractivity contribution in [3.63, 3.8) is 0 Å². The summed E-state index contributed by atoms with van der Waals surface area (Å²) >= 11 is 1.65. The Kier molecular flexibility index (Phi) is 3.30. The predicted molar refractivity (Wildman–Crippen MR) is 64.6 cm³/mol. The van der Waals surface area contributed by atoms with Gasteiger partial charge in [-0.15, -0.1) is 11.8 Å². The zero-order chi connectivity index (χ0) is 11.7. The fourth-order valence-electron chi connectivity index (χ4n) is 1.79. The monoisotopic (exact) mass is 240 g/mol. The molecule has 1 aromatic rings. The number of hydrogen-bond donors (Lipinski definition) is 0. The second kappa shape index (κ2) is 4.55. The Labute approximate surface area is 100 Å². The topological polar surface area (TPSA) is 31.0 Å². The Morgan fingerprint density at radius 3 is 2.25 bits per heavy atom. The molecular weight excluding hydrogens is 224 g/mol. The highest BCUT2D eigenvalue weighted by atomic mass is 32.2. The van der Waals surface area contributed by atoms with Gasteiger partial charge in [-0.25, -0.2) is 0 Å². The van der Waals surface area contributed by atoms with E-state index in [-0.39, 0.29) is 12.2 Å². The third-order valence-electron chi connectivity index (χ3n) is 2.75. The first kappa shape index (κ1) is 11.6. The van der Waals surface area contributed by atoms with Gasteiger partial charge in [0, 0.05) is 5.56 Å². The standard InChI is InChI=1S/C12H16O3S/c1-7-12(15-7)8-5-10(14-3)11(16-4)6-9(8)13-2/h5-7,12H,1-4H3. The highest BCUT2D eigenvalue weighted by molar-refractivity contribution is 7.98. The van der Waals surface area contributed by atoms with E-state index in [1.165, 1.54) is 0 Å². The van der Waals surface area contributed by atoms with E-state index < -0.39 is 0 Å². The normalized spacial score (nSPS) is 23.0. The smallest absolute Gasteiger partial charge is 0.133 e. The molecule has 0 aromatic heterocycles. The molecule has 1 aromatic carbocycles. The SMILES string of the molecule is COc1cc(C2OC2C)c(OC)cc1SC. The van der Waals surface area contributed by atoms with E-state index in [0.29, 0.717) is 0 Å². The van der Waals surface area contributed by atoms with Gasteiger partial charge in [0.05, 0.1) is 25.2 Å². The lowest BCUT2D eigenvalue weighted by atomic mass is 10.1. The average molecular weight is 240 g/mol. The number of hydrogen-bond acceptors (Lipinski definition) is 4. The van der Waals surface area contributed by atoms with Crippen LogP contribution in [0, 0.1) is 0 Å². The maximum atomic E-state index is 5.48. The fourth-order valence-corrected chi connectivity index (χ4v) is 2.36. The molecule has 0 saturated carbocycles. The van der Waals surface area contributed by atoms with Gasteiger partial charge < -0.3 is 14.2 Å². The minimum atomic E-state index is 0.153. The van der Waals surface area contributed by atoms with E-state index in [4.69, 9.17) is 14.2 Å². The lowest BCUT2D eigenvalue weighted by Gasteiger charge is -2.12. The van der Waals surface area contributed by atoms with Crippen molar-refractivity contribution in [3.05, 3.63) is 17.7 Å². The van der Waals surface area contributed by atoms with Crippen LogP contribution in [0.4, 0.5) is 0 Å². The molecule has 88 valence electrons. The summed E-state index contributed by atoms with van der Waals surface area (Å²) in [7, 11) is 3.37. The zero-order valence-electron chi connectivity index (χ0n) is 9.94. The minimum absolute atomic E-state index is 0.153. The van der Waals surface area contributed by atoms with E-state index in [2.05, 4.69) is 6.92 Å². The molecule has 0 spiro atoms. The van der Waals surface area contributed by atoms with Crippen molar-refractivity contribution in [1.82, 2.24) is 0 Å². The van der Waals surface area contributed by atoms with E-state index in [9.17, 15) is 0 Å². The molecule has 1 fully saturated rings. The molecule has 0 N–H and O–H groups in total. The molecule has 0 radical (unpaired) electrons. The van der Waals surface area contributed by atoms with Gasteiger partial charge in [0.2, 0.25) is 0 Å². The third kappa shape index (κ3) is 1.99. The van der Waals surface area contributed by atoms with Gasteiger partial charge in [0.15, 0.2) is 0 Å². The molecule has 1 aliphatic heterocycles. The summed E-state index contributed by atoms with van der Waals surface area (Å²) in [6, 6.07) is 4.02. The van der Waals surface area contributed by atoms with Crippen molar-refractivity contribution in [3.8, 4) is 11.5 Å². The Hall–Kier alpha value is -0.870. The molecule has 16 heavy (non-hydrogen) atoms. The van der Waals surface area contributed by atoms with Gasteiger partial charge in [0.1, 0.15) is 17.6 Å². The van der Waals surface area contributed by atoms with Crippen molar-refractivity contribution < 1.29 is 14.2 Å². The molecule has 1 heterocycles. The van der Waals surface area contributed by atoms with Crippen molar-refractivity contribution in [2.24, 2.45) is 0 Å². The van der Waals surface area contributed by atoms with Crippen molar-refractivity contribution in [1.29, 1.82) is 0 Å². The molecule has 3 nitrogen and oxygen atoms in total. The van der Waals surface area contributed by atoms with Crippen LogP contribution in [0.3, 0.4) is 0 Å². The molecule has 0 aliphatic carbocycles. The Morgan fingerprint density at radius 2 is 1.81 bits per heavy atom. The van der Waals surface area contributed by atoms with Crippen LogP contribution in [-0.2, 0) is 4.74 Å². The largest absolute Gasteiger partial charge is 0.496 e. The third-order valence-corrected chi connectivity index (χ3v) is 3.51. The van der Waals surface area contributed by atoms with Crippen molar-refractivity contribution in [2.75, 3.05) is 20.5 Å². The summed E-state index contributed by atoms with van der Waals surface area (Å²) in [5.74, 6) is 1.76. The second-order valence-corrected chi connectivity index (χ2v) is 4.56. The van der Waals surface area contributed by atoms with Gasteiger partial charge >= 0.3 is 0 Å². The van der Waals surface area contributed by atoms with Crippen LogP contribution in [0.1, 0.15) is 18.6 Å². The molecule has 4 heteroatoms. The van der Waals surface area contributed by atoms with E-state index in [0.717, 1.165) is 22.0 Å². The van der Waals surface area contributed by atoms with Crippen molar-refractivity contribution in [2.45, 2.75) is 24.0 Å². The first-order chi connectivity index (χ1) is 7.71. The first-order valence-corrected chi connectivity index (χ1v) is 6.39. The molecule has 2 unspecified atom stereocenters. The zero-order valence-corrected chi connectivity index (χ0v) is 10.8. The van der Waals surface area contributed by atoms with Gasteiger partial charge in [-0.3, -0.25) is 0 Å². The maximum Gasteiger partial charge on any atom is 0.133 e. The average Bonchev–Trinajstić information content (AvgIpc) is 3.04. The lowest BCUT2D eigenvalue weighted by molar-refractivity contribution is 0.362. The molecular formula is C12H16O3S. The minimum Gasteiger partial charge on any atom is -0.496 e. The number of methoxy groups -OCH3 is 2. The van der Waals surface area contributed by atoms with Crippen LogP contribution >= 0.6 is 11.8 Å². The highest BCUT2D eigenvalue weighted by Gasteiger charge is 2.38. The van der Waals surface area contributed by atoms with Crippen molar-refractivity contribution >= 4 is 11.8 Å². The molecule has 1 saturated heterocycles. The fraction of sp³-hybridized carbons (Fsp3) is 0.500. The summed E-state index contributed by atoms with van der Waals surface area (Å²) in [4.78, 5) is 1.08. The van der Waals surface area contributed by atoms with E-state index in [1.54, 1.807) is 26.0 Å². The predicted octanol–water partition coefficient (Wildman–Crippen LogP) is 2.89. The quantitative estimate of drug-likeness (QED) is 0.598. The van der Waals surface area contributed by atoms with Crippen LogP contribution < -0.4 is 9.47 Å². The lowest BCUT2D eigenvalue weighted by Crippen LogP contribution is -1.95. The van der Waals surface area contributed by atoms with Crippen LogP contribution in [-0.4, -0.2) is 26.6 Å². The number of rotatable bonds is 4. The first-order valence-electron chi connectivity index (χ1n) is 5.16. The van der Waals surface area contributed by atoms with Crippen LogP contribution in [0.15, 0.2) is 17.0 Å². The van der Waals surface area contributed by atoms with Gasteiger partial charge in [-0.2, -0.15) is 0 Å². The maximum absolute atomic E-state index is 5.48. The molecule has 2 atom stereocenters. The summed E-state index contributed by atoms with van der Waals surface area (Å²) in [6.07, 6.45) is 2.45. The molecule has 2 rings (SSSR count). The molecule has 0 bridgehead atoms. The Bertz CT molecular complexity index is 392. The number of benzene rings is 1. The van der Waals surface area contributed by atoms with Crippen LogP contribution in [0.2, 0.25) is 0 Å². The summed E-state index contributed by atoms with van der Waals surface area (Å²) in [5.41, 5.74) is 1.07. The Morgan fingerprint density at radius 1 is 1.19 bits per heavy atom. The van der Waals surface area contributed by atoms with Crippen LogP contribution in [0.5, 0.6) is 11.5 Å². The summed E-state index contributed by atoms with van der Waals surface area (Å²) < 4.78 is 16.2. The van der Waals surface area contributed by atoms with Crippen LogP contribution in [0.25, 0.3) is 0 Å². The van der Waals surface area contributed by atoms with E-state index in [1.807, 2.05) is 18.4 Å². The van der Waals surface area contributed by atoms with Gasteiger partial charge in [0.25, 0.3) is 0 Å². The number of ether oxygens (including phenoxy) is 3.